The number of nitrogens with zero attached hydrogens (tertiary/aromatic N) is 4. The van der Waals surface area contributed by atoms with E-state index < -0.39 is 0 Å². The second kappa shape index (κ2) is 8.34. The average molecular weight is 399 g/mol. The van der Waals surface area contributed by atoms with Crippen molar-refractivity contribution in [3.05, 3.63) is 45.8 Å². The summed E-state index contributed by atoms with van der Waals surface area (Å²) in [4.78, 5) is 29.8. The second-order valence-corrected chi connectivity index (χ2v) is 6.77. The fraction of sp³-hybridized carbons (Fsp3) is 0.400. The lowest BCUT2D eigenvalue weighted by atomic mass is 10.2. The molecule has 0 bridgehead atoms. The van der Waals surface area contributed by atoms with E-state index in [1.165, 1.54) is 18.8 Å². The van der Waals surface area contributed by atoms with E-state index in [0.29, 0.717) is 41.3 Å². The number of ether oxygens (including phenoxy) is 2. The molecule has 154 valence electrons. The molecule has 0 saturated heterocycles. The molecule has 0 aliphatic carbocycles. The third kappa shape index (κ3) is 4.23. The van der Waals surface area contributed by atoms with Crippen LogP contribution in [0.5, 0.6) is 11.5 Å². The highest BCUT2D eigenvalue weighted by atomic mass is 16.5. The molecule has 3 rings (SSSR count). The first-order chi connectivity index (χ1) is 13.8. The van der Waals surface area contributed by atoms with Gasteiger partial charge in [-0.1, -0.05) is 0 Å². The molecule has 0 radical (unpaired) electrons. The highest BCUT2D eigenvalue weighted by Crippen LogP contribution is 2.30. The maximum Gasteiger partial charge on any atom is 0.262 e. The van der Waals surface area contributed by atoms with Crippen LogP contribution in [0, 0.1) is 20.8 Å². The number of rotatable bonds is 7. The van der Waals surface area contributed by atoms with Gasteiger partial charge in [-0.05, 0) is 32.9 Å². The van der Waals surface area contributed by atoms with Crippen LogP contribution < -0.4 is 20.3 Å². The molecule has 0 aliphatic rings. The Kier molecular flexibility index (Phi) is 5.86. The van der Waals surface area contributed by atoms with E-state index in [1.807, 2.05) is 24.6 Å². The Morgan fingerprint density at radius 3 is 2.41 bits per heavy atom. The molecule has 0 spiro atoms. The van der Waals surface area contributed by atoms with Crippen molar-refractivity contribution in [3.8, 4) is 11.5 Å². The van der Waals surface area contributed by atoms with Crippen LogP contribution in [0.1, 0.15) is 17.2 Å². The van der Waals surface area contributed by atoms with Gasteiger partial charge in [0.15, 0.2) is 11.5 Å². The van der Waals surface area contributed by atoms with Crippen molar-refractivity contribution in [2.24, 2.45) is 0 Å². The summed E-state index contributed by atoms with van der Waals surface area (Å²) >= 11 is 0. The van der Waals surface area contributed by atoms with E-state index in [1.54, 1.807) is 19.1 Å². The quantitative estimate of drug-likeness (QED) is 0.644. The number of hydrogen-bond acceptors (Lipinski definition) is 6. The number of hydrogen-bond donors (Lipinski definition) is 1. The maximum absolute atomic E-state index is 12.9. The van der Waals surface area contributed by atoms with Gasteiger partial charge >= 0.3 is 0 Å². The SMILES string of the molecule is COc1cc2nc(C)n(CC(=O)NCCn3nc(C)cc3C)c(=O)c2cc1OC. The van der Waals surface area contributed by atoms with Gasteiger partial charge in [-0.2, -0.15) is 5.10 Å². The Balaban J connectivity index is 1.77. The number of fused-ring (bicyclic) bond motifs is 1. The molecule has 2 heterocycles. The van der Waals surface area contributed by atoms with Crippen LogP contribution >= 0.6 is 0 Å². The lowest BCUT2D eigenvalue weighted by molar-refractivity contribution is -0.121. The van der Waals surface area contributed by atoms with Gasteiger partial charge in [0.25, 0.3) is 5.56 Å². The molecule has 0 unspecified atom stereocenters. The minimum absolute atomic E-state index is 0.112. The number of nitrogens with one attached hydrogen (secondary N) is 1. The second-order valence-electron chi connectivity index (χ2n) is 6.77. The third-order valence-corrected chi connectivity index (χ3v) is 4.70. The summed E-state index contributed by atoms with van der Waals surface area (Å²) in [5.74, 6) is 1.11. The molecule has 1 aromatic carbocycles. The van der Waals surface area contributed by atoms with Gasteiger partial charge < -0.3 is 14.8 Å². The highest BCUT2D eigenvalue weighted by molar-refractivity contribution is 5.82. The molecule has 0 aliphatic heterocycles. The molecule has 1 amide bonds. The number of amides is 1. The summed E-state index contributed by atoms with van der Waals surface area (Å²) < 4.78 is 13.7. The van der Waals surface area contributed by atoms with Gasteiger partial charge in [0.2, 0.25) is 5.91 Å². The van der Waals surface area contributed by atoms with Crippen LogP contribution in [0.25, 0.3) is 10.9 Å². The Morgan fingerprint density at radius 2 is 1.79 bits per heavy atom. The Labute approximate surface area is 168 Å². The molecule has 0 fully saturated rings. The Morgan fingerprint density at radius 1 is 1.10 bits per heavy atom. The van der Waals surface area contributed by atoms with Gasteiger partial charge in [0.05, 0.1) is 37.4 Å². The number of carbonyl (C=O) groups is 1. The van der Waals surface area contributed by atoms with Gasteiger partial charge in [0, 0.05) is 18.3 Å². The van der Waals surface area contributed by atoms with Gasteiger partial charge in [0.1, 0.15) is 12.4 Å². The Bertz CT molecular complexity index is 1120. The largest absolute Gasteiger partial charge is 0.493 e. The molecule has 3 aromatic rings. The summed E-state index contributed by atoms with van der Waals surface area (Å²) in [6.45, 7) is 6.45. The van der Waals surface area contributed by atoms with E-state index in [4.69, 9.17) is 9.47 Å². The van der Waals surface area contributed by atoms with Crippen molar-refractivity contribution in [2.45, 2.75) is 33.9 Å². The van der Waals surface area contributed by atoms with E-state index in [-0.39, 0.29) is 18.0 Å². The summed E-state index contributed by atoms with van der Waals surface area (Å²) in [7, 11) is 3.02. The zero-order valence-electron chi connectivity index (χ0n) is 17.3. The monoisotopic (exact) mass is 399 g/mol. The summed E-state index contributed by atoms with van der Waals surface area (Å²) in [5, 5.41) is 7.55. The number of benzene rings is 1. The van der Waals surface area contributed by atoms with Crippen molar-refractivity contribution in [1.82, 2.24) is 24.6 Å². The first-order valence-corrected chi connectivity index (χ1v) is 9.25. The fourth-order valence-corrected chi connectivity index (χ4v) is 3.25. The van der Waals surface area contributed by atoms with Crippen molar-refractivity contribution >= 4 is 16.8 Å². The fourth-order valence-electron chi connectivity index (χ4n) is 3.25. The van der Waals surface area contributed by atoms with Crippen molar-refractivity contribution < 1.29 is 14.3 Å². The molecule has 0 atom stereocenters. The van der Waals surface area contributed by atoms with Crippen molar-refractivity contribution in [2.75, 3.05) is 20.8 Å². The van der Waals surface area contributed by atoms with E-state index in [2.05, 4.69) is 15.4 Å². The zero-order valence-corrected chi connectivity index (χ0v) is 17.3. The van der Waals surface area contributed by atoms with Gasteiger partial charge in [-0.15, -0.1) is 0 Å². The zero-order chi connectivity index (χ0) is 21.1. The molecule has 1 N–H and O–H groups in total. The summed E-state index contributed by atoms with van der Waals surface area (Å²) in [5.41, 5.74) is 2.16. The van der Waals surface area contributed by atoms with Crippen LogP contribution in [0.15, 0.2) is 23.0 Å². The van der Waals surface area contributed by atoms with Crippen LogP contribution in [-0.4, -0.2) is 46.0 Å². The molecule has 9 nitrogen and oxygen atoms in total. The lowest BCUT2D eigenvalue weighted by Gasteiger charge is -2.13. The Hall–Kier alpha value is -3.36. The van der Waals surface area contributed by atoms with E-state index in [9.17, 15) is 9.59 Å². The van der Waals surface area contributed by atoms with Crippen molar-refractivity contribution in [1.29, 1.82) is 0 Å². The minimum Gasteiger partial charge on any atom is -0.493 e. The lowest BCUT2D eigenvalue weighted by Crippen LogP contribution is -2.35. The first kappa shape index (κ1) is 20.4. The predicted octanol–water partition coefficient (Wildman–Crippen LogP) is 1.35. The van der Waals surface area contributed by atoms with Crippen LogP contribution in [0.2, 0.25) is 0 Å². The van der Waals surface area contributed by atoms with Crippen molar-refractivity contribution in [3.63, 3.8) is 0 Å². The predicted molar refractivity (Wildman–Crippen MR) is 109 cm³/mol. The number of aryl methyl sites for hydroxylation is 3. The minimum atomic E-state index is -0.304. The number of methoxy groups -OCH3 is 2. The molecule has 29 heavy (non-hydrogen) atoms. The standard InChI is InChI=1S/C20H25N5O4/c1-12-8-13(2)25(23-12)7-6-21-19(26)11-24-14(3)22-16-10-18(29-5)17(28-4)9-15(16)20(24)27/h8-10H,6-7,11H2,1-5H3,(H,21,26). The van der Waals surface area contributed by atoms with E-state index in [0.717, 1.165) is 11.4 Å². The van der Waals surface area contributed by atoms with Crippen LogP contribution in [-0.2, 0) is 17.9 Å². The molecule has 9 heteroatoms. The normalized spacial score (nSPS) is 10.9. The summed E-state index contributed by atoms with van der Waals surface area (Å²) in [6, 6.07) is 5.22. The molecular weight excluding hydrogens is 374 g/mol. The van der Waals surface area contributed by atoms with Gasteiger partial charge in [-0.3, -0.25) is 18.8 Å². The summed E-state index contributed by atoms with van der Waals surface area (Å²) in [6.07, 6.45) is 0. The number of carbonyl (C=O) groups excluding carboxylic acids is 1. The average Bonchev–Trinajstić information content (AvgIpc) is 3.01. The molecule has 2 aromatic heterocycles. The number of aromatic nitrogens is 4. The first-order valence-electron chi connectivity index (χ1n) is 9.25. The van der Waals surface area contributed by atoms with Gasteiger partial charge in [-0.25, -0.2) is 4.98 Å². The molecule has 0 saturated carbocycles. The maximum atomic E-state index is 12.9. The van der Waals surface area contributed by atoms with E-state index >= 15 is 0 Å². The van der Waals surface area contributed by atoms with Crippen LogP contribution in [0.3, 0.4) is 0 Å². The highest BCUT2D eigenvalue weighted by Gasteiger charge is 2.15. The topological polar surface area (TPSA) is 100 Å². The molecular formula is C20H25N5O4. The van der Waals surface area contributed by atoms with Crippen LogP contribution in [0.4, 0.5) is 0 Å². The smallest absolute Gasteiger partial charge is 0.262 e. The third-order valence-electron chi connectivity index (χ3n) is 4.70.